The zero-order chi connectivity index (χ0) is 11.8. The molecule has 2 heterocycles. The third kappa shape index (κ3) is 1.61. The Morgan fingerprint density at radius 1 is 1.29 bits per heavy atom. The molecular formula is C13H8O3S. The molecule has 0 bridgehead atoms. The summed E-state index contributed by atoms with van der Waals surface area (Å²) >= 11 is 1.51. The SMILES string of the molecule is O=CC1=Cc2c(c3ccccc3oc2=O)SC1. The van der Waals surface area contributed by atoms with Crippen LogP contribution in [0.5, 0.6) is 0 Å². The van der Waals surface area contributed by atoms with Crippen LogP contribution in [-0.2, 0) is 4.79 Å². The lowest BCUT2D eigenvalue weighted by Gasteiger charge is -2.13. The van der Waals surface area contributed by atoms with Gasteiger partial charge in [0.05, 0.1) is 5.56 Å². The highest BCUT2D eigenvalue weighted by molar-refractivity contribution is 7.99. The van der Waals surface area contributed by atoms with Gasteiger partial charge in [-0.05, 0) is 12.1 Å². The molecule has 84 valence electrons. The highest BCUT2D eigenvalue weighted by atomic mass is 32.2. The number of carbonyl (C=O) groups excluding carboxylic acids is 1. The topological polar surface area (TPSA) is 47.3 Å². The Labute approximate surface area is 101 Å². The maximum absolute atomic E-state index is 11.8. The van der Waals surface area contributed by atoms with Crippen molar-refractivity contribution in [2.75, 3.05) is 5.75 Å². The number of hydrogen-bond donors (Lipinski definition) is 0. The van der Waals surface area contributed by atoms with E-state index in [0.717, 1.165) is 16.6 Å². The third-order valence-corrected chi connectivity index (χ3v) is 3.87. The van der Waals surface area contributed by atoms with Gasteiger partial charge < -0.3 is 4.42 Å². The van der Waals surface area contributed by atoms with E-state index in [9.17, 15) is 9.59 Å². The molecule has 1 aromatic heterocycles. The molecule has 0 saturated heterocycles. The van der Waals surface area contributed by atoms with Gasteiger partial charge in [0, 0.05) is 21.6 Å². The first kappa shape index (κ1) is 10.4. The number of thioether (sulfide) groups is 1. The number of hydrogen-bond acceptors (Lipinski definition) is 4. The predicted molar refractivity (Wildman–Crippen MR) is 67.2 cm³/mol. The maximum Gasteiger partial charge on any atom is 0.344 e. The molecule has 17 heavy (non-hydrogen) atoms. The quantitative estimate of drug-likeness (QED) is 0.571. The monoisotopic (exact) mass is 244 g/mol. The van der Waals surface area contributed by atoms with Crippen LogP contribution in [-0.4, -0.2) is 12.0 Å². The van der Waals surface area contributed by atoms with Crippen LogP contribution in [0.4, 0.5) is 0 Å². The van der Waals surface area contributed by atoms with Gasteiger partial charge in [0.1, 0.15) is 11.9 Å². The summed E-state index contributed by atoms with van der Waals surface area (Å²) < 4.78 is 5.22. The minimum Gasteiger partial charge on any atom is -0.422 e. The molecule has 0 fully saturated rings. The summed E-state index contributed by atoms with van der Waals surface area (Å²) in [6, 6.07) is 7.43. The van der Waals surface area contributed by atoms with Crippen LogP contribution in [0.2, 0.25) is 0 Å². The maximum atomic E-state index is 11.8. The van der Waals surface area contributed by atoms with E-state index in [-0.39, 0.29) is 5.63 Å². The summed E-state index contributed by atoms with van der Waals surface area (Å²) in [4.78, 5) is 23.4. The van der Waals surface area contributed by atoms with Crippen LogP contribution in [0.3, 0.4) is 0 Å². The van der Waals surface area contributed by atoms with Gasteiger partial charge in [0.2, 0.25) is 0 Å². The number of benzene rings is 1. The van der Waals surface area contributed by atoms with Crippen LogP contribution in [0.25, 0.3) is 17.0 Å². The Kier molecular flexibility index (Phi) is 2.37. The first-order chi connectivity index (χ1) is 8.29. The first-order valence-electron chi connectivity index (χ1n) is 5.14. The molecule has 1 aliphatic heterocycles. The summed E-state index contributed by atoms with van der Waals surface area (Å²) in [6.45, 7) is 0. The van der Waals surface area contributed by atoms with Crippen molar-refractivity contribution in [3.8, 4) is 0 Å². The van der Waals surface area contributed by atoms with Gasteiger partial charge in [-0.2, -0.15) is 0 Å². The van der Waals surface area contributed by atoms with Crippen molar-refractivity contribution in [1.82, 2.24) is 0 Å². The highest BCUT2D eigenvalue weighted by Gasteiger charge is 2.18. The van der Waals surface area contributed by atoms with Crippen LogP contribution in [0.1, 0.15) is 5.56 Å². The van der Waals surface area contributed by atoms with E-state index in [4.69, 9.17) is 4.42 Å². The number of carbonyl (C=O) groups is 1. The number of rotatable bonds is 1. The highest BCUT2D eigenvalue weighted by Crippen LogP contribution is 2.34. The van der Waals surface area contributed by atoms with Crippen molar-refractivity contribution in [3.05, 3.63) is 45.8 Å². The normalized spacial score (nSPS) is 14.2. The van der Waals surface area contributed by atoms with E-state index in [1.165, 1.54) is 11.8 Å². The van der Waals surface area contributed by atoms with E-state index in [1.54, 1.807) is 12.1 Å². The molecule has 0 saturated carbocycles. The van der Waals surface area contributed by atoms with E-state index in [1.807, 2.05) is 18.2 Å². The molecular weight excluding hydrogens is 236 g/mol. The first-order valence-corrected chi connectivity index (χ1v) is 6.12. The second kappa shape index (κ2) is 3.89. The smallest absolute Gasteiger partial charge is 0.344 e. The van der Waals surface area contributed by atoms with Crippen molar-refractivity contribution in [3.63, 3.8) is 0 Å². The number of para-hydroxylation sites is 1. The average molecular weight is 244 g/mol. The lowest BCUT2D eigenvalue weighted by atomic mass is 10.1. The van der Waals surface area contributed by atoms with Gasteiger partial charge in [-0.25, -0.2) is 4.79 Å². The standard InChI is InChI=1S/C13H8O3S/c14-6-8-5-10-12(17-7-8)9-3-1-2-4-11(9)16-13(10)15/h1-6H,7H2. The van der Waals surface area contributed by atoms with E-state index in [0.29, 0.717) is 22.5 Å². The van der Waals surface area contributed by atoms with E-state index < -0.39 is 0 Å². The summed E-state index contributed by atoms with van der Waals surface area (Å²) in [5.41, 5.74) is 1.31. The van der Waals surface area contributed by atoms with Gasteiger partial charge in [-0.3, -0.25) is 4.79 Å². The van der Waals surface area contributed by atoms with Crippen LogP contribution in [0, 0.1) is 0 Å². The minimum absolute atomic E-state index is 0.384. The van der Waals surface area contributed by atoms with Gasteiger partial charge >= 0.3 is 5.63 Å². The Morgan fingerprint density at radius 2 is 2.12 bits per heavy atom. The summed E-state index contributed by atoms with van der Waals surface area (Å²) in [7, 11) is 0. The Bertz CT molecular complexity index is 697. The Hall–Kier alpha value is -1.81. The van der Waals surface area contributed by atoms with E-state index in [2.05, 4.69) is 0 Å². The molecule has 0 unspecified atom stereocenters. The van der Waals surface area contributed by atoms with Crippen molar-refractivity contribution in [2.45, 2.75) is 4.90 Å². The van der Waals surface area contributed by atoms with Gasteiger partial charge in [-0.15, -0.1) is 11.8 Å². The molecule has 3 nitrogen and oxygen atoms in total. The van der Waals surface area contributed by atoms with Gasteiger partial charge in [0.25, 0.3) is 0 Å². The van der Waals surface area contributed by atoms with Crippen molar-refractivity contribution in [1.29, 1.82) is 0 Å². The molecule has 2 aromatic rings. The zero-order valence-corrected chi connectivity index (χ0v) is 9.62. The van der Waals surface area contributed by atoms with Crippen molar-refractivity contribution < 1.29 is 9.21 Å². The molecule has 0 amide bonds. The molecule has 1 aromatic carbocycles. The van der Waals surface area contributed by atoms with Crippen LogP contribution < -0.4 is 5.63 Å². The molecule has 0 atom stereocenters. The predicted octanol–water partition coefficient (Wildman–Crippen LogP) is 2.48. The number of fused-ring (bicyclic) bond motifs is 3. The molecule has 4 heteroatoms. The molecule has 0 N–H and O–H groups in total. The Morgan fingerprint density at radius 3 is 2.94 bits per heavy atom. The second-order valence-corrected chi connectivity index (χ2v) is 4.74. The van der Waals surface area contributed by atoms with E-state index >= 15 is 0 Å². The number of aldehydes is 1. The average Bonchev–Trinajstić information content (AvgIpc) is 2.38. The molecule has 0 spiro atoms. The third-order valence-electron chi connectivity index (χ3n) is 2.66. The van der Waals surface area contributed by atoms with Gasteiger partial charge in [0.15, 0.2) is 0 Å². The van der Waals surface area contributed by atoms with Crippen molar-refractivity contribution in [2.24, 2.45) is 0 Å². The lowest BCUT2D eigenvalue weighted by Crippen LogP contribution is -2.10. The van der Waals surface area contributed by atoms with Crippen LogP contribution >= 0.6 is 11.8 Å². The summed E-state index contributed by atoms with van der Waals surface area (Å²) in [6.07, 6.45) is 2.40. The fraction of sp³-hybridized carbons (Fsp3) is 0.0769. The Balaban J connectivity index is 2.40. The minimum atomic E-state index is -0.384. The van der Waals surface area contributed by atoms with Crippen LogP contribution in [0.15, 0.2) is 43.9 Å². The fourth-order valence-corrected chi connectivity index (χ4v) is 2.95. The molecule has 1 aliphatic rings. The summed E-state index contributed by atoms with van der Waals surface area (Å²) in [5.74, 6) is 0.601. The lowest BCUT2D eigenvalue weighted by molar-refractivity contribution is -0.104. The second-order valence-electron chi connectivity index (χ2n) is 3.75. The zero-order valence-electron chi connectivity index (χ0n) is 8.80. The van der Waals surface area contributed by atoms with Crippen molar-refractivity contribution >= 4 is 35.1 Å². The largest absolute Gasteiger partial charge is 0.422 e. The fourth-order valence-electron chi connectivity index (χ4n) is 1.87. The molecule has 0 radical (unpaired) electrons. The van der Waals surface area contributed by atoms with Gasteiger partial charge in [-0.1, -0.05) is 18.2 Å². The molecule has 3 rings (SSSR count). The molecule has 0 aliphatic carbocycles. The summed E-state index contributed by atoms with van der Waals surface area (Å²) in [5, 5.41) is 0.924.